The van der Waals surface area contributed by atoms with Crippen molar-refractivity contribution in [2.75, 3.05) is 19.9 Å². The largest absolute Gasteiger partial charge is 0.394 e. The van der Waals surface area contributed by atoms with Crippen LogP contribution in [0.3, 0.4) is 0 Å². The lowest BCUT2D eigenvalue weighted by Gasteiger charge is -2.24. The Hall–Kier alpha value is -0.450. The van der Waals surface area contributed by atoms with E-state index in [-0.39, 0.29) is 19.9 Å². The zero-order valence-electron chi connectivity index (χ0n) is 16.4. The second-order valence-electron chi connectivity index (χ2n) is 7.45. The summed E-state index contributed by atoms with van der Waals surface area (Å²) in [5.41, 5.74) is 6.64. The van der Waals surface area contributed by atoms with Gasteiger partial charge in [0.15, 0.2) is 0 Å². The molecule has 0 aliphatic carbocycles. The van der Waals surface area contributed by atoms with Gasteiger partial charge in [-0.15, -0.1) is 0 Å². The zero-order valence-corrected chi connectivity index (χ0v) is 16.4. The topological polar surface area (TPSA) is 66.5 Å². The molecule has 0 saturated heterocycles. The minimum Gasteiger partial charge on any atom is -0.394 e. The molecule has 0 bridgehead atoms. The SMILES string of the molecule is CC=C(CCCCCCCCF)CCCCCCCC(N)(CO)CO. The molecular formula is C21H42FNO2. The van der Waals surface area contributed by atoms with Gasteiger partial charge < -0.3 is 15.9 Å². The fourth-order valence-corrected chi connectivity index (χ4v) is 3.13. The van der Waals surface area contributed by atoms with E-state index in [1.807, 2.05) is 0 Å². The van der Waals surface area contributed by atoms with E-state index in [1.165, 1.54) is 57.8 Å². The van der Waals surface area contributed by atoms with Crippen LogP contribution >= 0.6 is 0 Å². The summed E-state index contributed by atoms with van der Waals surface area (Å²) in [6.45, 7) is 1.67. The van der Waals surface area contributed by atoms with Crippen molar-refractivity contribution in [3.05, 3.63) is 11.6 Å². The Kier molecular flexibility index (Phi) is 16.7. The molecule has 0 aromatic rings. The van der Waals surface area contributed by atoms with E-state index in [4.69, 9.17) is 15.9 Å². The van der Waals surface area contributed by atoms with Gasteiger partial charge in [-0.2, -0.15) is 0 Å². The van der Waals surface area contributed by atoms with E-state index < -0.39 is 5.54 Å². The van der Waals surface area contributed by atoms with E-state index in [9.17, 15) is 4.39 Å². The summed E-state index contributed by atoms with van der Waals surface area (Å²) >= 11 is 0. The number of halogens is 1. The Bertz CT molecular complexity index is 317. The molecule has 0 aliphatic heterocycles. The van der Waals surface area contributed by atoms with Gasteiger partial charge in [-0.1, -0.05) is 63.0 Å². The number of unbranched alkanes of at least 4 members (excludes halogenated alkanes) is 9. The number of aliphatic hydroxyl groups is 2. The molecule has 0 atom stereocenters. The lowest BCUT2D eigenvalue weighted by atomic mass is 9.94. The standard InChI is InChI=1S/C21H42FNO2/c1-2-20(14-10-6-3-4-9-13-17-22)15-11-7-5-8-12-16-21(23,18-24)19-25/h2,24-25H,3-19,23H2,1H3. The fourth-order valence-electron chi connectivity index (χ4n) is 3.13. The summed E-state index contributed by atoms with van der Waals surface area (Å²) < 4.78 is 12.0. The lowest BCUT2D eigenvalue weighted by molar-refractivity contribution is 0.112. The van der Waals surface area contributed by atoms with Gasteiger partial charge in [0.25, 0.3) is 0 Å². The number of allylic oxidation sites excluding steroid dienone is 2. The van der Waals surface area contributed by atoms with Crippen molar-refractivity contribution in [3.63, 3.8) is 0 Å². The highest BCUT2D eigenvalue weighted by atomic mass is 19.1. The Morgan fingerprint density at radius 1 is 0.800 bits per heavy atom. The zero-order chi connectivity index (χ0) is 18.8. The van der Waals surface area contributed by atoms with Gasteiger partial charge in [-0.05, 0) is 45.4 Å². The predicted molar refractivity (Wildman–Crippen MR) is 105 cm³/mol. The molecule has 0 heterocycles. The average Bonchev–Trinajstić information content (AvgIpc) is 2.64. The third kappa shape index (κ3) is 14.4. The first-order chi connectivity index (χ1) is 12.1. The maximum absolute atomic E-state index is 12.0. The third-order valence-corrected chi connectivity index (χ3v) is 5.09. The van der Waals surface area contributed by atoms with Crippen molar-refractivity contribution in [2.45, 2.75) is 102 Å². The van der Waals surface area contributed by atoms with Gasteiger partial charge in [0.1, 0.15) is 0 Å². The molecule has 0 aromatic carbocycles. The maximum Gasteiger partial charge on any atom is 0.0894 e. The minimum atomic E-state index is -0.802. The Balaban J connectivity index is 3.52. The highest BCUT2D eigenvalue weighted by Gasteiger charge is 2.21. The monoisotopic (exact) mass is 359 g/mol. The van der Waals surface area contributed by atoms with Crippen LogP contribution in [-0.2, 0) is 0 Å². The predicted octanol–water partition coefficient (Wildman–Crippen LogP) is 5.05. The summed E-state index contributed by atoms with van der Waals surface area (Å²) in [7, 11) is 0. The molecule has 25 heavy (non-hydrogen) atoms. The molecule has 150 valence electrons. The molecule has 0 rings (SSSR count). The normalized spacial score (nSPS) is 12.8. The molecule has 0 aromatic heterocycles. The van der Waals surface area contributed by atoms with Crippen molar-refractivity contribution in [1.29, 1.82) is 0 Å². The van der Waals surface area contributed by atoms with Crippen LogP contribution < -0.4 is 5.73 Å². The third-order valence-electron chi connectivity index (χ3n) is 5.09. The minimum absolute atomic E-state index is 0.149. The van der Waals surface area contributed by atoms with Crippen LogP contribution in [0.1, 0.15) is 96.8 Å². The average molecular weight is 360 g/mol. The molecule has 3 nitrogen and oxygen atoms in total. The summed E-state index contributed by atoms with van der Waals surface area (Å²) in [4.78, 5) is 0. The molecule has 4 N–H and O–H groups in total. The summed E-state index contributed by atoms with van der Waals surface area (Å²) in [6.07, 6.45) is 17.8. The molecule has 0 spiro atoms. The fraction of sp³-hybridized carbons (Fsp3) is 0.905. The summed E-state index contributed by atoms with van der Waals surface area (Å²) in [5, 5.41) is 18.3. The van der Waals surface area contributed by atoms with Gasteiger partial charge in [0, 0.05) is 0 Å². The number of hydrogen-bond donors (Lipinski definition) is 3. The first-order valence-corrected chi connectivity index (χ1v) is 10.3. The first-order valence-electron chi connectivity index (χ1n) is 10.3. The molecule has 0 radical (unpaired) electrons. The molecular weight excluding hydrogens is 317 g/mol. The smallest absolute Gasteiger partial charge is 0.0894 e. The van der Waals surface area contributed by atoms with Crippen molar-refractivity contribution in [2.24, 2.45) is 5.73 Å². The summed E-state index contributed by atoms with van der Waals surface area (Å²) in [6, 6.07) is 0. The quantitative estimate of drug-likeness (QED) is 0.237. The van der Waals surface area contributed by atoms with Gasteiger partial charge in [0.05, 0.1) is 25.4 Å². The maximum atomic E-state index is 12.0. The van der Waals surface area contributed by atoms with Crippen LogP contribution in [0, 0.1) is 0 Å². The van der Waals surface area contributed by atoms with Gasteiger partial charge in [-0.3, -0.25) is 4.39 Å². The van der Waals surface area contributed by atoms with E-state index in [0.29, 0.717) is 6.42 Å². The van der Waals surface area contributed by atoms with Crippen molar-refractivity contribution in [3.8, 4) is 0 Å². The first kappa shape index (κ1) is 24.6. The van der Waals surface area contributed by atoms with E-state index in [0.717, 1.165) is 25.7 Å². The molecule has 0 unspecified atom stereocenters. The van der Waals surface area contributed by atoms with Crippen LogP contribution in [0.15, 0.2) is 11.6 Å². The number of rotatable bonds is 18. The Labute approximate surface area is 154 Å². The van der Waals surface area contributed by atoms with Crippen LogP contribution in [-0.4, -0.2) is 35.6 Å². The van der Waals surface area contributed by atoms with Crippen LogP contribution in [0.2, 0.25) is 0 Å². The van der Waals surface area contributed by atoms with Gasteiger partial charge in [-0.25, -0.2) is 0 Å². The Morgan fingerprint density at radius 3 is 1.68 bits per heavy atom. The van der Waals surface area contributed by atoms with Crippen molar-refractivity contribution >= 4 is 0 Å². The number of nitrogens with two attached hydrogens (primary N) is 1. The van der Waals surface area contributed by atoms with E-state index in [1.54, 1.807) is 5.57 Å². The van der Waals surface area contributed by atoms with Crippen LogP contribution in [0.25, 0.3) is 0 Å². The van der Waals surface area contributed by atoms with Crippen molar-refractivity contribution < 1.29 is 14.6 Å². The van der Waals surface area contributed by atoms with Crippen LogP contribution in [0.4, 0.5) is 4.39 Å². The van der Waals surface area contributed by atoms with E-state index in [2.05, 4.69) is 13.0 Å². The highest BCUT2D eigenvalue weighted by Crippen LogP contribution is 2.19. The van der Waals surface area contributed by atoms with Crippen molar-refractivity contribution in [1.82, 2.24) is 0 Å². The molecule has 0 aliphatic rings. The second-order valence-corrected chi connectivity index (χ2v) is 7.45. The Morgan fingerprint density at radius 2 is 1.24 bits per heavy atom. The number of aliphatic hydroxyl groups excluding tert-OH is 2. The number of hydrogen-bond acceptors (Lipinski definition) is 3. The van der Waals surface area contributed by atoms with Gasteiger partial charge in [0.2, 0.25) is 0 Å². The second kappa shape index (κ2) is 17.0. The summed E-state index contributed by atoms with van der Waals surface area (Å²) in [5.74, 6) is 0. The molecule has 0 saturated carbocycles. The lowest BCUT2D eigenvalue weighted by Crippen LogP contribution is -2.47. The highest BCUT2D eigenvalue weighted by molar-refractivity contribution is 4.99. The molecule has 0 amide bonds. The van der Waals surface area contributed by atoms with Gasteiger partial charge >= 0.3 is 0 Å². The number of alkyl halides is 1. The molecule has 4 heteroatoms. The van der Waals surface area contributed by atoms with Crippen LogP contribution in [0.5, 0.6) is 0 Å². The van der Waals surface area contributed by atoms with E-state index >= 15 is 0 Å². The molecule has 0 fully saturated rings.